The Morgan fingerprint density at radius 2 is 1.92 bits per heavy atom. The minimum Gasteiger partial charge on any atom is -0.507 e. The standard InChI is InChI=1S/C16H18FNO.C4H8O2/c1-10-5-4-6-14(19)15(10)12-7-11(2)16(17)13(8-12)9-18-3;1-3-6-4(2)5/h4-8,18-19H,9H2,1-3H3;3H2,1-2H3. The number of aryl methyl sites for hydroxylation is 2. The number of hydrogen-bond acceptors (Lipinski definition) is 4. The van der Waals surface area contributed by atoms with E-state index in [-0.39, 0.29) is 17.5 Å². The fourth-order valence-electron chi connectivity index (χ4n) is 2.54. The molecule has 0 aliphatic carbocycles. The monoisotopic (exact) mass is 347 g/mol. The zero-order valence-electron chi connectivity index (χ0n) is 15.4. The van der Waals surface area contributed by atoms with Gasteiger partial charge in [-0.15, -0.1) is 0 Å². The summed E-state index contributed by atoms with van der Waals surface area (Å²) in [6.45, 7) is 7.80. The Balaban J connectivity index is 0.000000450. The van der Waals surface area contributed by atoms with E-state index in [1.54, 1.807) is 45.2 Å². The SMILES string of the molecule is CCOC(C)=O.CNCc1cc(-c2c(C)cccc2O)cc(C)c1F. The Bertz CT molecular complexity index is 709. The van der Waals surface area contributed by atoms with E-state index >= 15 is 0 Å². The normalized spacial score (nSPS) is 10.0. The summed E-state index contributed by atoms with van der Waals surface area (Å²) in [4.78, 5) is 9.82. The van der Waals surface area contributed by atoms with Gasteiger partial charge in [-0.3, -0.25) is 4.79 Å². The minimum atomic E-state index is -0.211. The first-order chi connectivity index (χ1) is 11.8. The number of phenols is 1. The van der Waals surface area contributed by atoms with Gasteiger partial charge in [0.15, 0.2) is 0 Å². The van der Waals surface area contributed by atoms with Gasteiger partial charge in [-0.1, -0.05) is 12.1 Å². The molecule has 0 saturated heterocycles. The minimum absolute atomic E-state index is 0.189. The largest absolute Gasteiger partial charge is 0.507 e. The second-order valence-electron chi connectivity index (χ2n) is 5.69. The zero-order valence-corrected chi connectivity index (χ0v) is 15.4. The molecule has 0 amide bonds. The van der Waals surface area contributed by atoms with Crippen molar-refractivity contribution >= 4 is 5.97 Å². The van der Waals surface area contributed by atoms with Gasteiger partial charge in [0, 0.05) is 24.6 Å². The maximum atomic E-state index is 14.0. The summed E-state index contributed by atoms with van der Waals surface area (Å²) in [5, 5.41) is 13.0. The predicted molar refractivity (Wildman–Crippen MR) is 98.0 cm³/mol. The fourth-order valence-corrected chi connectivity index (χ4v) is 2.54. The van der Waals surface area contributed by atoms with Crippen LogP contribution in [0.3, 0.4) is 0 Å². The lowest BCUT2D eigenvalue weighted by atomic mass is 9.95. The maximum absolute atomic E-state index is 14.0. The zero-order chi connectivity index (χ0) is 19.0. The Morgan fingerprint density at radius 1 is 1.24 bits per heavy atom. The van der Waals surface area contributed by atoms with Crippen LogP contribution in [0.25, 0.3) is 11.1 Å². The fraction of sp³-hybridized carbons (Fsp3) is 0.350. The summed E-state index contributed by atoms with van der Waals surface area (Å²) in [5.74, 6) is -0.176. The van der Waals surface area contributed by atoms with Gasteiger partial charge >= 0.3 is 5.97 Å². The van der Waals surface area contributed by atoms with Crippen molar-refractivity contribution in [3.05, 3.63) is 52.8 Å². The Kier molecular flexibility index (Phi) is 8.08. The molecule has 136 valence electrons. The quantitative estimate of drug-likeness (QED) is 0.818. The van der Waals surface area contributed by atoms with E-state index in [0.29, 0.717) is 24.3 Å². The number of hydrogen-bond donors (Lipinski definition) is 2. The molecule has 25 heavy (non-hydrogen) atoms. The molecular formula is C20H26FNO3. The van der Waals surface area contributed by atoms with Gasteiger partial charge in [0.1, 0.15) is 11.6 Å². The maximum Gasteiger partial charge on any atom is 0.302 e. The van der Waals surface area contributed by atoms with Crippen LogP contribution in [-0.2, 0) is 16.1 Å². The Labute approximate surface area is 148 Å². The van der Waals surface area contributed by atoms with E-state index in [0.717, 1.165) is 16.7 Å². The first-order valence-corrected chi connectivity index (χ1v) is 8.17. The topological polar surface area (TPSA) is 58.6 Å². The highest BCUT2D eigenvalue weighted by molar-refractivity contribution is 5.74. The number of aromatic hydroxyl groups is 1. The molecule has 0 atom stereocenters. The molecule has 0 aliphatic heterocycles. The molecular weight excluding hydrogens is 321 g/mol. The van der Waals surface area contributed by atoms with Crippen molar-refractivity contribution in [1.82, 2.24) is 5.32 Å². The van der Waals surface area contributed by atoms with Gasteiger partial charge in [-0.05, 0) is 62.7 Å². The van der Waals surface area contributed by atoms with Gasteiger partial charge in [-0.25, -0.2) is 4.39 Å². The number of rotatable bonds is 4. The Morgan fingerprint density at radius 3 is 2.40 bits per heavy atom. The van der Waals surface area contributed by atoms with Crippen LogP contribution in [0.5, 0.6) is 5.75 Å². The third-order valence-electron chi connectivity index (χ3n) is 3.58. The van der Waals surface area contributed by atoms with E-state index in [1.807, 2.05) is 13.0 Å². The molecule has 0 unspecified atom stereocenters. The van der Waals surface area contributed by atoms with Crippen molar-refractivity contribution in [2.24, 2.45) is 0 Å². The lowest BCUT2D eigenvalue weighted by Gasteiger charge is -2.13. The van der Waals surface area contributed by atoms with Gasteiger partial charge in [0.25, 0.3) is 0 Å². The molecule has 0 bridgehead atoms. The van der Waals surface area contributed by atoms with Crippen molar-refractivity contribution in [2.45, 2.75) is 34.2 Å². The third-order valence-corrected chi connectivity index (χ3v) is 3.58. The smallest absolute Gasteiger partial charge is 0.302 e. The molecule has 2 aromatic carbocycles. The molecule has 5 heteroatoms. The molecule has 0 fully saturated rings. The summed E-state index contributed by atoms with van der Waals surface area (Å²) >= 11 is 0. The molecule has 0 aromatic heterocycles. The van der Waals surface area contributed by atoms with Crippen LogP contribution >= 0.6 is 0 Å². The van der Waals surface area contributed by atoms with Crippen LogP contribution in [0.4, 0.5) is 4.39 Å². The van der Waals surface area contributed by atoms with Crippen LogP contribution < -0.4 is 5.32 Å². The van der Waals surface area contributed by atoms with Crippen molar-refractivity contribution in [3.63, 3.8) is 0 Å². The number of esters is 1. The molecule has 0 radical (unpaired) electrons. The van der Waals surface area contributed by atoms with Crippen LogP contribution in [0.1, 0.15) is 30.5 Å². The first-order valence-electron chi connectivity index (χ1n) is 8.17. The number of nitrogens with one attached hydrogen (secondary N) is 1. The highest BCUT2D eigenvalue weighted by atomic mass is 19.1. The first kappa shape index (κ1) is 20.6. The van der Waals surface area contributed by atoms with Crippen molar-refractivity contribution < 1.29 is 19.0 Å². The molecule has 4 nitrogen and oxygen atoms in total. The summed E-state index contributed by atoms with van der Waals surface area (Å²) in [5.41, 5.74) is 3.79. The highest BCUT2D eigenvalue weighted by Crippen LogP contribution is 2.34. The predicted octanol–water partition coefficient (Wildman–Crippen LogP) is 4.10. The lowest BCUT2D eigenvalue weighted by molar-refractivity contribution is -0.140. The van der Waals surface area contributed by atoms with Gasteiger partial charge in [0.05, 0.1) is 6.61 Å². The number of carbonyl (C=O) groups is 1. The van der Waals surface area contributed by atoms with E-state index in [9.17, 15) is 14.3 Å². The molecule has 0 aliphatic rings. The van der Waals surface area contributed by atoms with Gasteiger partial charge in [0.2, 0.25) is 0 Å². The Hall–Kier alpha value is -2.40. The molecule has 0 spiro atoms. The van der Waals surface area contributed by atoms with E-state index in [1.165, 1.54) is 6.92 Å². The van der Waals surface area contributed by atoms with Crippen molar-refractivity contribution in [1.29, 1.82) is 0 Å². The van der Waals surface area contributed by atoms with E-state index in [2.05, 4.69) is 10.1 Å². The molecule has 2 aromatic rings. The third kappa shape index (κ3) is 5.87. The highest BCUT2D eigenvalue weighted by Gasteiger charge is 2.12. The average molecular weight is 347 g/mol. The number of halogens is 1. The second-order valence-corrected chi connectivity index (χ2v) is 5.69. The number of benzene rings is 2. The summed E-state index contributed by atoms with van der Waals surface area (Å²) < 4.78 is 18.4. The molecule has 2 rings (SSSR count). The summed E-state index contributed by atoms with van der Waals surface area (Å²) in [6.07, 6.45) is 0. The number of phenolic OH excluding ortho intramolecular Hbond substituents is 1. The summed E-state index contributed by atoms with van der Waals surface area (Å²) in [6, 6.07) is 8.96. The van der Waals surface area contributed by atoms with Crippen LogP contribution in [0, 0.1) is 19.7 Å². The van der Waals surface area contributed by atoms with Crippen LogP contribution in [0.2, 0.25) is 0 Å². The molecule has 0 saturated carbocycles. The number of ether oxygens (including phenoxy) is 1. The van der Waals surface area contributed by atoms with Crippen molar-refractivity contribution in [3.8, 4) is 16.9 Å². The summed E-state index contributed by atoms with van der Waals surface area (Å²) in [7, 11) is 1.78. The van der Waals surface area contributed by atoms with E-state index < -0.39 is 0 Å². The van der Waals surface area contributed by atoms with Crippen LogP contribution in [0.15, 0.2) is 30.3 Å². The lowest BCUT2D eigenvalue weighted by Crippen LogP contribution is -2.08. The second kappa shape index (κ2) is 9.79. The average Bonchev–Trinajstić information content (AvgIpc) is 2.52. The molecule has 0 heterocycles. The van der Waals surface area contributed by atoms with Gasteiger partial charge in [-0.2, -0.15) is 0 Å². The number of carbonyl (C=O) groups excluding carboxylic acids is 1. The molecule has 2 N–H and O–H groups in total. The van der Waals surface area contributed by atoms with Crippen molar-refractivity contribution in [2.75, 3.05) is 13.7 Å². The van der Waals surface area contributed by atoms with E-state index in [4.69, 9.17) is 0 Å². The van der Waals surface area contributed by atoms with Crippen LogP contribution in [-0.4, -0.2) is 24.7 Å². The van der Waals surface area contributed by atoms with Gasteiger partial charge < -0.3 is 15.2 Å².